The summed E-state index contributed by atoms with van der Waals surface area (Å²) in [6.07, 6.45) is -2.40. The van der Waals surface area contributed by atoms with Crippen LogP contribution in [0.1, 0.15) is 0 Å². The minimum atomic E-state index is -1.80. The van der Waals surface area contributed by atoms with Gasteiger partial charge in [-0.05, 0) is 0 Å². The van der Waals surface area contributed by atoms with Crippen LogP contribution in [0.5, 0.6) is 0 Å². The Labute approximate surface area is 102 Å². The van der Waals surface area contributed by atoms with Crippen molar-refractivity contribution in [2.24, 2.45) is 0 Å². The van der Waals surface area contributed by atoms with Crippen molar-refractivity contribution in [1.82, 2.24) is 0 Å². The number of rotatable bonds is 4. The van der Waals surface area contributed by atoms with Crippen LogP contribution in [0.25, 0.3) is 0 Å². The third kappa shape index (κ3) is 2.53. The van der Waals surface area contributed by atoms with Crippen molar-refractivity contribution < 1.29 is 31.5 Å². The molecule has 2 rings (SSSR count). The van der Waals surface area contributed by atoms with Gasteiger partial charge in [0.25, 0.3) is 0 Å². The van der Waals surface area contributed by atoms with E-state index in [2.05, 4.69) is 0 Å². The average Bonchev–Trinajstić information content (AvgIpc) is 2.67. The van der Waals surface area contributed by atoms with Gasteiger partial charge in [-0.3, -0.25) is 4.18 Å². The molecule has 0 spiro atoms. The lowest BCUT2D eigenvalue weighted by Gasteiger charge is -2.40. The van der Waals surface area contributed by atoms with Gasteiger partial charge in [0.05, 0.1) is 6.61 Å². The SMILES string of the molecule is COC[C@H]1O[C@@H]2OS(=O)O[C@@H]2[C@@H](OC)[C@@H]1OC. The number of methoxy groups -OCH3 is 3. The zero-order valence-electron chi connectivity index (χ0n) is 9.86. The molecule has 0 saturated carbocycles. The molecule has 2 aliphatic rings. The van der Waals surface area contributed by atoms with Crippen LogP contribution in [0.2, 0.25) is 0 Å². The highest BCUT2D eigenvalue weighted by atomic mass is 32.2. The van der Waals surface area contributed by atoms with Gasteiger partial charge in [-0.25, -0.2) is 4.18 Å². The highest BCUT2D eigenvalue weighted by molar-refractivity contribution is 7.75. The third-order valence-electron chi connectivity index (χ3n) is 2.83. The standard InChI is InChI=1S/C9H16O7S/c1-11-4-5-6(12-2)7(13-3)8-9(14-5)16-17(10)15-8/h5-9H,4H2,1-3H3/t5-,6-,7+,8-,9-,17?/m1/s1. The zero-order valence-corrected chi connectivity index (χ0v) is 10.7. The molecule has 1 unspecified atom stereocenters. The summed E-state index contributed by atoms with van der Waals surface area (Å²) in [5.74, 6) is 0. The minimum Gasteiger partial charge on any atom is -0.382 e. The molecule has 2 fully saturated rings. The lowest BCUT2D eigenvalue weighted by atomic mass is 9.99. The van der Waals surface area contributed by atoms with Crippen LogP contribution in [0.4, 0.5) is 0 Å². The van der Waals surface area contributed by atoms with Crippen LogP contribution in [0.15, 0.2) is 0 Å². The van der Waals surface area contributed by atoms with Crippen LogP contribution in [0, 0.1) is 0 Å². The molecule has 6 atom stereocenters. The van der Waals surface area contributed by atoms with Gasteiger partial charge in [-0.1, -0.05) is 0 Å². The first-order valence-corrected chi connectivity index (χ1v) is 6.17. The maximum absolute atomic E-state index is 11.2. The van der Waals surface area contributed by atoms with Gasteiger partial charge in [-0.15, -0.1) is 0 Å². The molecular formula is C9H16O7S. The molecule has 0 aromatic heterocycles. The van der Waals surface area contributed by atoms with E-state index < -0.39 is 29.9 Å². The quantitative estimate of drug-likeness (QED) is 0.673. The Balaban J connectivity index is 2.15. The second-order valence-corrected chi connectivity index (χ2v) is 4.55. The highest BCUT2D eigenvalue weighted by Crippen LogP contribution is 2.33. The van der Waals surface area contributed by atoms with Crippen LogP contribution < -0.4 is 0 Å². The van der Waals surface area contributed by atoms with Crippen molar-refractivity contribution in [3.05, 3.63) is 0 Å². The molecule has 7 nitrogen and oxygen atoms in total. The van der Waals surface area contributed by atoms with Gasteiger partial charge in [0.1, 0.15) is 18.3 Å². The van der Waals surface area contributed by atoms with Crippen LogP contribution in [-0.4, -0.2) is 62.9 Å². The van der Waals surface area contributed by atoms with Crippen LogP contribution >= 0.6 is 0 Å². The van der Waals surface area contributed by atoms with Gasteiger partial charge < -0.3 is 18.9 Å². The normalized spacial score (nSPS) is 45.8. The number of hydrogen-bond donors (Lipinski definition) is 0. The van der Waals surface area contributed by atoms with E-state index in [1.165, 1.54) is 7.11 Å². The van der Waals surface area contributed by atoms with Gasteiger partial charge in [0.15, 0.2) is 6.10 Å². The van der Waals surface area contributed by atoms with Crippen molar-refractivity contribution in [2.75, 3.05) is 27.9 Å². The van der Waals surface area contributed by atoms with Crippen molar-refractivity contribution in [2.45, 2.75) is 30.7 Å². The monoisotopic (exact) mass is 268 g/mol. The number of ether oxygens (including phenoxy) is 4. The molecular weight excluding hydrogens is 252 g/mol. The molecule has 2 heterocycles. The van der Waals surface area contributed by atoms with Crippen LogP contribution in [-0.2, 0) is 38.7 Å². The molecule has 0 N–H and O–H groups in total. The summed E-state index contributed by atoms with van der Waals surface area (Å²) >= 11 is -1.80. The number of fused-ring (bicyclic) bond motifs is 1. The summed E-state index contributed by atoms with van der Waals surface area (Å²) in [4.78, 5) is 0. The second-order valence-electron chi connectivity index (χ2n) is 3.76. The van der Waals surface area contributed by atoms with E-state index in [9.17, 15) is 4.21 Å². The van der Waals surface area contributed by atoms with Crippen LogP contribution in [0.3, 0.4) is 0 Å². The summed E-state index contributed by atoms with van der Waals surface area (Å²) in [5, 5.41) is 0. The average molecular weight is 268 g/mol. The molecule has 0 radical (unpaired) electrons. The maximum atomic E-state index is 11.2. The van der Waals surface area contributed by atoms with E-state index in [1.807, 2.05) is 0 Å². The first-order chi connectivity index (χ1) is 8.21. The summed E-state index contributed by atoms with van der Waals surface area (Å²) < 4.78 is 42.6. The van der Waals surface area contributed by atoms with Crippen molar-refractivity contribution >= 4 is 11.4 Å². The second kappa shape index (κ2) is 5.70. The summed E-state index contributed by atoms with van der Waals surface area (Å²) in [6.45, 7) is 0.331. The Hall–Kier alpha value is -0.0900. The van der Waals surface area contributed by atoms with E-state index >= 15 is 0 Å². The Kier molecular flexibility index (Phi) is 4.47. The topological polar surface area (TPSA) is 72.5 Å². The molecule has 17 heavy (non-hydrogen) atoms. The Morgan fingerprint density at radius 2 is 1.82 bits per heavy atom. The van der Waals surface area contributed by atoms with E-state index in [0.29, 0.717) is 6.61 Å². The predicted octanol–water partition coefficient (Wildman–Crippen LogP) is -0.618. The van der Waals surface area contributed by atoms with E-state index in [-0.39, 0.29) is 12.2 Å². The van der Waals surface area contributed by atoms with Gasteiger partial charge >= 0.3 is 11.4 Å². The van der Waals surface area contributed by atoms with E-state index in [4.69, 9.17) is 27.3 Å². The van der Waals surface area contributed by atoms with Gasteiger partial charge in [-0.2, -0.15) is 4.21 Å². The molecule has 0 aliphatic carbocycles. The van der Waals surface area contributed by atoms with Crippen molar-refractivity contribution in [3.63, 3.8) is 0 Å². The van der Waals surface area contributed by atoms with E-state index in [0.717, 1.165) is 0 Å². The molecule has 8 heteroatoms. The molecule has 0 bridgehead atoms. The summed E-state index contributed by atoms with van der Waals surface area (Å²) in [7, 11) is 4.65. The maximum Gasteiger partial charge on any atom is 0.307 e. The Morgan fingerprint density at radius 1 is 1.12 bits per heavy atom. The molecule has 100 valence electrons. The lowest BCUT2D eigenvalue weighted by Crippen LogP contribution is -2.58. The molecule has 0 aromatic rings. The van der Waals surface area contributed by atoms with Crippen molar-refractivity contribution in [1.29, 1.82) is 0 Å². The fourth-order valence-corrected chi connectivity index (χ4v) is 2.84. The van der Waals surface area contributed by atoms with Crippen molar-refractivity contribution in [3.8, 4) is 0 Å². The molecule has 0 amide bonds. The molecule has 2 saturated heterocycles. The van der Waals surface area contributed by atoms with Gasteiger partial charge in [0.2, 0.25) is 6.29 Å². The zero-order chi connectivity index (χ0) is 12.4. The highest BCUT2D eigenvalue weighted by Gasteiger charge is 2.53. The summed E-state index contributed by atoms with van der Waals surface area (Å²) in [6, 6.07) is 0. The molecule has 2 aliphatic heterocycles. The number of hydrogen-bond acceptors (Lipinski definition) is 7. The van der Waals surface area contributed by atoms with E-state index in [1.54, 1.807) is 14.2 Å². The predicted molar refractivity (Wildman–Crippen MR) is 56.2 cm³/mol. The smallest absolute Gasteiger partial charge is 0.307 e. The largest absolute Gasteiger partial charge is 0.382 e. The lowest BCUT2D eigenvalue weighted by molar-refractivity contribution is -0.261. The van der Waals surface area contributed by atoms with Gasteiger partial charge in [0, 0.05) is 21.3 Å². The third-order valence-corrected chi connectivity index (χ3v) is 3.56. The fraction of sp³-hybridized carbons (Fsp3) is 1.00. The summed E-state index contributed by atoms with van der Waals surface area (Å²) in [5.41, 5.74) is 0. The minimum absolute atomic E-state index is 0.331. The Bertz CT molecular complexity index is 287. The first kappa shape index (κ1) is 13.3. The Morgan fingerprint density at radius 3 is 2.41 bits per heavy atom. The first-order valence-electron chi connectivity index (χ1n) is 5.17. The fourth-order valence-electron chi connectivity index (χ4n) is 2.10. The molecule has 0 aromatic carbocycles.